The third kappa shape index (κ3) is 9.00. The molecule has 0 fully saturated rings. The first kappa shape index (κ1) is 16.9. The maximum Gasteiger partial charge on any atom is 0.230 e. The first-order chi connectivity index (χ1) is 8.76. The number of hydrogen-bond acceptors (Lipinski definition) is 4. The highest BCUT2D eigenvalue weighted by atomic mass is 16.6. The second kappa shape index (κ2) is 12.4. The second-order valence-corrected chi connectivity index (χ2v) is 4.35. The molecule has 0 radical (unpaired) electrons. The van der Waals surface area contributed by atoms with E-state index in [-0.39, 0.29) is 4.97 Å². The Morgan fingerprint density at radius 2 is 1.39 bits per heavy atom. The van der Waals surface area contributed by atoms with Crippen LogP contribution in [0.3, 0.4) is 0 Å². The van der Waals surface area contributed by atoms with Crippen molar-refractivity contribution in [3.63, 3.8) is 0 Å². The Labute approximate surface area is 109 Å². The minimum atomic E-state index is 0.240. The number of rotatable bonds is 12. The summed E-state index contributed by atoms with van der Waals surface area (Å²) < 4.78 is 0. The molecule has 0 aliphatic heterocycles. The first-order valence-corrected chi connectivity index (χ1v) is 6.73. The van der Waals surface area contributed by atoms with Crippen LogP contribution in [0, 0.1) is 5.21 Å². The van der Waals surface area contributed by atoms with Crippen molar-refractivity contribution in [2.45, 2.75) is 44.9 Å². The summed E-state index contributed by atoms with van der Waals surface area (Å²) in [6.45, 7) is 2.41. The Kier molecular flexibility index (Phi) is 11.6. The molecule has 0 unspecified atom stereocenters. The van der Waals surface area contributed by atoms with E-state index in [9.17, 15) is 5.21 Å². The molecular weight excluding hydrogens is 234 g/mol. The van der Waals surface area contributed by atoms with Crippen molar-refractivity contribution in [3.8, 4) is 0 Å². The molecule has 18 heavy (non-hydrogen) atoms. The summed E-state index contributed by atoms with van der Waals surface area (Å²) in [6.07, 6.45) is 7.30. The van der Waals surface area contributed by atoms with Gasteiger partial charge in [0.15, 0.2) is 0 Å². The van der Waals surface area contributed by atoms with Crippen molar-refractivity contribution in [1.82, 2.24) is 5.01 Å². The number of nitrogens with zero attached hydrogens (tertiary/aromatic N) is 3. The number of unbranched alkanes of at least 4 members (excludes halogenated alkanes) is 5. The molecule has 0 spiro atoms. The Balaban J connectivity index is 3.63. The van der Waals surface area contributed by atoms with Crippen molar-refractivity contribution >= 4 is 0 Å². The van der Waals surface area contributed by atoms with Crippen LogP contribution >= 0.6 is 0 Å². The van der Waals surface area contributed by atoms with E-state index >= 15 is 0 Å². The topological polar surface area (TPSA) is 114 Å². The Morgan fingerprint density at radius 3 is 1.94 bits per heavy atom. The Morgan fingerprint density at radius 1 is 0.889 bits per heavy atom. The van der Waals surface area contributed by atoms with Crippen LogP contribution in [0.5, 0.6) is 0 Å². The lowest BCUT2D eigenvalue weighted by atomic mass is 10.1. The van der Waals surface area contributed by atoms with E-state index < -0.39 is 0 Å². The second-order valence-electron chi connectivity index (χ2n) is 4.35. The summed E-state index contributed by atoms with van der Waals surface area (Å²) in [6, 6.07) is 0. The average Bonchev–Trinajstić information content (AvgIpc) is 2.40. The average molecular weight is 261 g/mol. The summed E-state index contributed by atoms with van der Waals surface area (Å²) in [4.78, 5) is 0.240. The molecule has 0 aliphatic carbocycles. The molecular formula is C11H27N5O2. The maximum atomic E-state index is 11.2. The smallest absolute Gasteiger partial charge is 0.230 e. The molecule has 0 aromatic carbocycles. The standard InChI is InChI=1S/C11H27N5O2/c12-8-5-3-1-2-4-6-10-15(11-7-9-13)16(18)14-17/h17H,1-13H2/b16-14-. The van der Waals surface area contributed by atoms with E-state index in [0.717, 1.165) is 32.2 Å². The first-order valence-electron chi connectivity index (χ1n) is 6.73. The molecule has 108 valence electrons. The highest BCUT2D eigenvalue weighted by Crippen LogP contribution is 2.06. The predicted molar refractivity (Wildman–Crippen MR) is 69.8 cm³/mol. The molecule has 0 aromatic heterocycles. The molecule has 0 heterocycles. The van der Waals surface area contributed by atoms with Crippen LogP contribution < -0.4 is 11.5 Å². The van der Waals surface area contributed by atoms with Crippen molar-refractivity contribution in [1.29, 1.82) is 0 Å². The van der Waals surface area contributed by atoms with Gasteiger partial charge in [0.25, 0.3) is 0 Å². The molecule has 0 saturated carbocycles. The minimum Gasteiger partial charge on any atom is -0.569 e. The van der Waals surface area contributed by atoms with Gasteiger partial charge in [-0.05, 0) is 32.4 Å². The van der Waals surface area contributed by atoms with Gasteiger partial charge in [-0.15, -0.1) is 5.01 Å². The summed E-state index contributed by atoms with van der Waals surface area (Å²) in [5.41, 5.74) is 10.8. The third-order valence-corrected chi connectivity index (χ3v) is 2.81. The molecule has 0 saturated heterocycles. The SMILES string of the molecule is NCCCCCCCCN(CCCN)/[N+]([O-])=N/O. The number of hydrazine groups is 1. The highest BCUT2D eigenvalue weighted by molar-refractivity contribution is 4.50. The van der Waals surface area contributed by atoms with Crippen LogP contribution in [0.2, 0.25) is 0 Å². The summed E-state index contributed by atoms with van der Waals surface area (Å²) >= 11 is 0. The largest absolute Gasteiger partial charge is 0.569 e. The van der Waals surface area contributed by atoms with Crippen LogP contribution in [-0.2, 0) is 0 Å². The Bertz CT molecular complexity index is 214. The van der Waals surface area contributed by atoms with Crippen LogP contribution in [0.25, 0.3) is 0 Å². The monoisotopic (exact) mass is 261 g/mol. The van der Waals surface area contributed by atoms with Crippen LogP contribution in [0.15, 0.2) is 5.28 Å². The fourth-order valence-electron chi connectivity index (χ4n) is 1.76. The third-order valence-electron chi connectivity index (χ3n) is 2.81. The summed E-state index contributed by atoms with van der Waals surface area (Å²) in [5.74, 6) is 0. The van der Waals surface area contributed by atoms with Crippen molar-refractivity contribution in [3.05, 3.63) is 5.21 Å². The van der Waals surface area contributed by atoms with E-state index in [1.165, 1.54) is 17.9 Å². The van der Waals surface area contributed by atoms with Crippen LogP contribution in [0.1, 0.15) is 44.9 Å². The normalized spacial score (nSPS) is 11.8. The lowest BCUT2D eigenvalue weighted by Gasteiger charge is -2.17. The van der Waals surface area contributed by atoms with Gasteiger partial charge in [-0.25, -0.2) is 0 Å². The zero-order valence-corrected chi connectivity index (χ0v) is 11.1. The van der Waals surface area contributed by atoms with Crippen LogP contribution in [-0.4, -0.2) is 41.4 Å². The van der Waals surface area contributed by atoms with Gasteiger partial charge in [-0.2, -0.15) is 0 Å². The van der Waals surface area contributed by atoms with Crippen molar-refractivity contribution < 1.29 is 10.2 Å². The van der Waals surface area contributed by atoms with E-state index in [0.29, 0.717) is 26.1 Å². The van der Waals surface area contributed by atoms with E-state index in [4.69, 9.17) is 16.7 Å². The molecule has 0 atom stereocenters. The zero-order chi connectivity index (χ0) is 13.6. The zero-order valence-electron chi connectivity index (χ0n) is 11.1. The Hall–Kier alpha value is -1.08. The fourth-order valence-corrected chi connectivity index (χ4v) is 1.76. The van der Waals surface area contributed by atoms with E-state index in [1.807, 2.05) is 0 Å². The predicted octanol–water partition coefficient (Wildman–Crippen LogP) is 1.20. The van der Waals surface area contributed by atoms with E-state index in [2.05, 4.69) is 5.28 Å². The lowest BCUT2D eigenvalue weighted by molar-refractivity contribution is -0.709. The molecule has 5 N–H and O–H groups in total. The minimum absolute atomic E-state index is 0.240. The fraction of sp³-hybridized carbons (Fsp3) is 1.00. The summed E-state index contributed by atoms with van der Waals surface area (Å²) in [5, 5.41) is 23.7. The molecule has 7 heteroatoms. The summed E-state index contributed by atoms with van der Waals surface area (Å²) in [7, 11) is 0. The van der Waals surface area contributed by atoms with E-state index in [1.54, 1.807) is 0 Å². The maximum absolute atomic E-state index is 11.2. The molecule has 0 bridgehead atoms. The van der Waals surface area contributed by atoms with Gasteiger partial charge in [0.05, 0.1) is 18.1 Å². The molecule has 7 nitrogen and oxygen atoms in total. The van der Waals surface area contributed by atoms with Crippen LogP contribution in [0.4, 0.5) is 0 Å². The van der Waals surface area contributed by atoms with Gasteiger partial charge in [0, 0.05) is 0 Å². The molecule has 0 aromatic rings. The number of nitrogens with two attached hydrogens (primary N) is 2. The quantitative estimate of drug-likeness (QED) is 0.211. The van der Waals surface area contributed by atoms with Gasteiger partial charge in [0.1, 0.15) is 0 Å². The number of hydrogen-bond donors (Lipinski definition) is 3. The van der Waals surface area contributed by atoms with Crippen molar-refractivity contribution in [2.24, 2.45) is 16.7 Å². The molecule has 0 aliphatic rings. The van der Waals surface area contributed by atoms with Gasteiger partial charge in [-0.1, -0.05) is 25.7 Å². The van der Waals surface area contributed by atoms with Gasteiger partial charge < -0.3 is 21.9 Å². The van der Waals surface area contributed by atoms with Gasteiger partial charge in [0.2, 0.25) is 5.28 Å². The lowest BCUT2D eigenvalue weighted by Crippen LogP contribution is -2.33. The molecule has 0 amide bonds. The molecule has 0 rings (SSSR count). The van der Waals surface area contributed by atoms with Gasteiger partial charge in [-0.3, -0.25) is 0 Å². The highest BCUT2D eigenvalue weighted by Gasteiger charge is 2.11. The van der Waals surface area contributed by atoms with Gasteiger partial charge >= 0.3 is 0 Å². The van der Waals surface area contributed by atoms with Crippen molar-refractivity contribution in [2.75, 3.05) is 26.2 Å².